The molecule has 0 heterocycles. The molecule has 0 saturated heterocycles. The third-order valence-corrected chi connectivity index (χ3v) is 2.52. The predicted molar refractivity (Wildman–Crippen MR) is 53.7 cm³/mol. The van der Waals surface area contributed by atoms with Gasteiger partial charge in [0, 0.05) is 10.8 Å². The van der Waals surface area contributed by atoms with Crippen molar-refractivity contribution < 1.29 is 13.2 Å². The van der Waals surface area contributed by atoms with Crippen LogP contribution in [0, 0.1) is 0 Å². The van der Waals surface area contributed by atoms with Crippen molar-refractivity contribution in [1.82, 2.24) is 0 Å². The van der Waals surface area contributed by atoms with Gasteiger partial charge in [-0.05, 0) is 24.1 Å². The molecule has 0 nitrogen and oxygen atoms in total. The van der Waals surface area contributed by atoms with Crippen LogP contribution >= 0.6 is 23.4 Å². The summed E-state index contributed by atoms with van der Waals surface area (Å²) in [6, 6.07) is 6.87. The molecule has 14 heavy (non-hydrogen) atoms. The lowest BCUT2D eigenvalue weighted by molar-refractivity contribution is -0.0327. The molecule has 0 bridgehead atoms. The van der Waals surface area contributed by atoms with E-state index in [1.807, 2.05) is 0 Å². The molecule has 0 amide bonds. The van der Waals surface area contributed by atoms with E-state index in [0.717, 1.165) is 5.56 Å². The highest BCUT2D eigenvalue weighted by Gasteiger charge is 2.27. The summed E-state index contributed by atoms with van der Waals surface area (Å²) in [6.07, 6.45) is 0.380. The summed E-state index contributed by atoms with van der Waals surface area (Å²) in [6.45, 7) is 0. The van der Waals surface area contributed by atoms with E-state index in [1.165, 1.54) is 0 Å². The van der Waals surface area contributed by atoms with Gasteiger partial charge in [-0.25, -0.2) is 0 Å². The van der Waals surface area contributed by atoms with Gasteiger partial charge in [0.15, 0.2) is 0 Å². The normalized spacial score (nSPS) is 11.7. The number of aryl methyl sites for hydroxylation is 1. The van der Waals surface area contributed by atoms with Crippen LogP contribution in [0.1, 0.15) is 5.56 Å². The number of alkyl halides is 3. The molecular weight excluding hydrogens is 233 g/mol. The summed E-state index contributed by atoms with van der Waals surface area (Å²) >= 11 is 5.68. The van der Waals surface area contributed by atoms with Crippen molar-refractivity contribution in [3.05, 3.63) is 34.9 Å². The van der Waals surface area contributed by atoms with Crippen LogP contribution in [0.25, 0.3) is 0 Å². The predicted octanol–water partition coefficient (Wildman–Crippen LogP) is 4.14. The van der Waals surface area contributed by atoms with Crippen LogP contribution in [-0.2, 0) is 6.42 Å². The molecule has 0 spiro atoms. The largest absolute Gasteiger partial charge is 0.441 e. The van der Waals surface area contributed by atoms with Gasteiger partial charge in [0.25, 0.3) is 0 Å². The van der Waals surface area contributed by atoms with E-state index in [9.17, 15) is 13.2 Å². The first-order valence-electron chi connectivity index (χ1n) is 3.92. The molecule has 78 valence electrons. The topological polar surface area (TPSA) is 0 Å². The maximum absolute atomic E-state index is 11.8. The number of thioether (sulfide) groups is 1. The smallest absolute Gasteiger partial charge is 0.160 e. The number of halogens is 4. The highest BCUT2D eigenvalue weighted by atomic mass is 35.5. The van der Waals surface area contributed by atoms with Crippen LogP contribution in [0.3, 0.4) is 0 Å². The van der Waals surface area contributed by atoms with Crippen molar-refractivity contribution >= 4 is 23.4 Å². The molecule has 1 aromatic rings. The summed E-state index contributed by atoms with van der Waals surface area (Å²) in [5.74, 6) is 0.0316. The SMILES string of the molecule is FC(F)(F)SCCc1cccc(Cl)c1. The lowest BCUT2D eigenvalue weighted by Gasteiger charge is -2.05. The lowest BCUT2D eigenvalue weighted by Crippen LogP contribution is -2.02. The van der Waals surface area contributed by atoms with E-state index in [4.69, 9.17) is 11.6 Å². The number of rotatable bonds is 3. The van der Waals surface area contributed by atoms with E-state index < -0.39 is 5.51 Å². The highest BCUT2D eigenvalue weighted by molar-refractivity contribution is 8.00. The molecule has 0 aliphatic carbocycles. The third-order valence-electron chi connectivity index (χ3n) is 1.55. The molecule has 0 saturated carbocycles. The summed E-state index contributed by atoms with van der Waals surface area (Å²) in [5.41, 5.74) is -3.31. The minimum absolute atomic E-state index is 0.00882. The van der Waals surface area contributed by atoms with Crippen LogP contribution in [0.2, 0.25) is 5.02 Å². The minimum atomic E-state index is -4.14. The Bertz CT molecular complexity index is 298. The molecule has 0 unspecified atom stereocenters. The van der Waals surface area contributed by atoms with Crippen LogP contribution in [0.5, 0.6) is 0 Å². The second-order valence-corrected chi connectivity index (χ2v) is 4.27. The summed E-state index contributed by atoms with van der Waals surface area (Å²) in [7, 11) is 0. The van der Waals surface area contributed by atoms with Crippen LogP contribution in [0.4, 0.5) is 13.2 Å². The van der Waals surface area contributed by atoms with Crippen molar-refractivity contribution in [3.63, 3.8) is 0 Å². The van der Waals surface area contributed by atoms with Gasteiger partial charge in [0.1, 0.15) is 0 Å². The van der Waals surface area contributed by atoms with Crippen molar-refractivity contribution in [3.8, 4) is 0 Å². The Balaban J connectivity index is 2.39. The number of hydrogen-bond acceptors (Lipinski definition) is 1. The Labute approximate surface area is 89.4 Å². The number of hydrogen-bond donors (Lipinski definition) is 0. The zero-order chi connectivity index (χ0) is 10.6. The second-order valence-electron chi connectivity index (χ2n) is 2.67. The van der Waals surface area contributed by atoms with Gasteiger partial charge in [-0.3, -0.25) is 0 Å². The van der Waals surface area contributed by atoms with Crippen molar-refractivity contribution in [2.45, 2.75) is 11.9 Å². The Morgan fingerprint density at radius 3 is 2.57 bits per heavy atom. The van der Waals surface area contributed by atoms with Gasteiger partial charge in [-0.2, -0.15) is 13.2 Å². The first kappa shape index (κ1) is 11.7. The molecule has 0 aliphatic heterocycles. The maximum Gasteiger partial charge on any atom is 0.441 e. The fourth-order valence-electron chi connectivity index (χ4n) is 0.977. The molecule has 0 fully saturated rings. The lowest BCUT2D eigenvalue weighted by atomic mass is 10.2. The fraction of sp³-hybridized carbons (Fsp3) is 0.333. The van der Waals surface area contributed by atoms with Crippen LogP contribution < -0.4 is 0 Å². The van der Waals surface area contributed by atoms with E-state index in [-0.39, 0.29) is 17.5 Å². The van der Waals surface area contributed by atoms with Gasteiger partial charge in [-0.1, -0.05) is 35.5 Å². The zero-order valence-electron chi connectivity index (χ0n) is 7.14. The average molecular weight is 241 g/mol. The van der Waals surface area contributed by atoms with E-state index in [2.05, 4.69) is 0 Å². The maximum atomic E-state index is 11.8. The molecule has 0 N–H and O–H groups in total. The monoisotopic (exact) mass is 240 g/mol. The van der Waals surface area contributed by atoms with Gasteiger partial charge in [-0.15, -0.1) is 0 Å². The minimum Gasteiger partial charge on any atom is -0.160 e. The molecular formula is C9H8ClF3S. The average Bonchev–Trinajstić information content (AvgIpc) is 2.01. The summed E-state index contributed by atoms with van der Waals surface area (Å²) in [5, 5.41) is 0.555. The highest BCUT2D eigenvalue weighted by Crippen LogP contribution is 2.30. The van der Waals surface area contributed by atoms with Crippen molar-refractivity contribution in [2.75, 3.05) is 5.75 Å². The quantitative estimate of drug-likeness (QED) is 0.765. The Hall–Kier alpha value is -0.350. The first-order chi connectivity index (χ1) is 6.47. The Kier molecular flexibility index (Phi) is 4.13. The Morgan fingerprint density at radius 1 is 1.29 bits per heavy atom. The molecule has 1 rings (SSSR count). The van der Waals surface area contributed by atoms with Gasteiger partial charge < -0.3 is 0 Å². The molecule has 0 aliphatic rings. The molecule has 5 heteroatoms. The van der Waals surface area contributed by atoms with Gasteiger partial charge in [0.2, 0.25) is 0 Å². The summed E-state index contributed by atoms with van der Waals surface area (Å²) < 4.78 is 35.3. The van der Waals surface area contributed by atoms with E-state index in [0.29, 0.717) is 11.4 Å². The number of benzene rings is 1. The molecule has 0 radical (unpaired) electrons. The molecule has 0 atom stereocenters. The fourth-order valence-corrected chi connectivity index (χ4v) is 1.76. The summed E-state index contributed by atoms with van der Waals surface area (Å²) in [4.78, 5) is 0. The third kappa shape index (κ3) is 4.77. The van der Waals surface area contributed by atoms with Crippen molar-refractivity contribution in [2.24, 2.45) is 0 Å². The molecule has 1 aromatic carbocycles. The van der Waals surface area contributed by atoms with Crippen LogP contribution in [-0.4, -0.2) is 11.3 Å². The van der Waals surface area contributed by atoms with E-state index >= 15 is 0 Å². The zero-order valence-corrected chi connectivity index (χ0v) is 8.72. The van der Waals surface area contributed by atoms with Gasteiger partial charge >= 0.3 is 5.51 Å². The van der Waals surface area contributed by atoms with Gasteiger partial charge in [0.05, 0.1) is 0 Å². The Morgan fingerprint density at radius 2 is 2.00 bits per heavy atom. The van der Waals surface area contributed by atoms with E-state index in [1.54, 1.807) is 24.3 Å². The first-order valence-corrected chi connectivity index (χ1v) is 5.29. The second kappa shape index (κ2) is 4.94. The van der Waals surface area contributed by atoms with Crippen molar-refractivity contribution in [1.29, 1.82) is 0 Å². The van der Waals surface area contributed by atoms with Crippen LogP contribution in [0.15, 0.2) is 24.3 Å². The molecule has 0 aromatic heterocycles. The standard InChI is InChI=1S/C9H8ClF3S/c10-8-3-1-2-7(6-8)4-5-14-9(11,12)13/h1-3,6H,4-5H2.